The quantitative estimate of drug-likeness (QED) is 0.479. The van der Waals surface area contributed by atoms with Gasteiger partial charge in [0.2, 0.25) is 5.91 Å². The van der Waals surface area contributed by atoms with Crippen molar-refractivity contribution in [3.63, 3.8) is 0 Å². The molecule has 1 unspecified atom stereocenters. The second-order valence-electron chi connectivity index (χ2n) is 8.43. The number of alkyl halides is 3. The Labute approximate surface area is 201 Å². The third-order valence-electron chi connectivity index (χ3n) is 5.72. The van der Waals surface area contributed by atoms with Crippen molar-refractivity contribution in [2.75, 3.05) is 6.61 Å². The number of nitrogens with zero attached hydrogens (tertiary/aromatic N) is 2. The van der Waals surface area contributed by atoms with Crippen LogP contribution in [0.5, 0.6) is 0 Å². The summed E-state index contributed by atoms with van der Waals surface area (Å²) in [6.45, 7) is 2.83. The van der Waals surface area contributed by atoms with E-state index in [4.69, 9.17) is 0 Å². The monoisotopic (exact) mass is 487 g/mol. The molecule has 1 aromatic heterocycles. The summed E-state index contributed by atoms with van der Waals surface area (Å²) in [6, 6.07) is 14.0. The number of amides is 1. The predicted octanol–water partition coefficient (Wildman–Crippen LogP) is 3.91. The van der Waals surface area contributed by atoms with E-state index in [1.165, 1.54) is 12.1 Å². The Bertz CT molecular complexity index is 1210. The number of halogens is 3. The zero-order valence-electron chi connectivity index (χ0n) is 19.6. The lowest BCUT2D eigenvalue weighted by Gasteiger charge is -2.18. The number of nitrogens with one attached hydrogen (secondary N) is 1. The van der Waals surface area contributed by atoms with Gasteiger partial charge in [0.05, 0.1) is 5.56 Å². The van der Waals surface area contributed by atoms with Gasteiger partial charge in [-0.2, -0.15) is 13.2 Å². The first-order chi connectivity index (χ1) is 16.6. The van der Waals surface area contributed by atoms with Crippen LogP contribution in [0.4, 0.5) is 13.2 Å². The fraction of sp³-hybridized carbons (Fsp3) is 0.346. The lowest BCUT2D eigenvalue weighted by Crippen LogP contribution is -2.39. The van der Waals surface area contributed by atoms with E-state index in [1.54, 1.807) is 6.92 Å². The summed E-state index contributed by atoms with van der Waals surface area (Å²) in [6.07, 6.45) is -2.98. The van der Waals surface area contributed by atoms with E-state index in [9.17, 15) is 27.9 Å². The van der Waals surface area contributed by atoms with E-state index >= 15 is 0 Å². The summed E-state index contributed by atoms with van der Waals surface area (Å²) in [5.41, 5.74) is 0.701. The van der Waals surface area contributed by atoms with Crippen molar-refractivity contribution < 1.29 is 23.1 Å². The Morgan fingerprint density at radius 3 is 2.34 bits per heavy atom. The Kier molecular flexibility index (Phi) is 8.45. The fourth-order valence-corrected chi connectivity index (χ4v) is 3.84. The third kappa shape index (κ3) is 6.79. The van der Waals surface area contributed by atoms with Crippen molar-refractivity contribution >= 4 is 5.91 Å². The van der Waals surface area contributed by atoms with E-state index < -0.39 is 23.2 Å². The summed E-state index contributed by atoms with van der Waals surface area (Å²) in [7, 11) is 0. The first-order valence-corrected chi connectivity index (χ1v) is 11.3. The Morgan fingerprint density at radius 2 is 1.74 bits per heavy atom. The zero-order valence-corrected chi connectivity index (χ0v) is 19.6. The van der Waals surface area contributed by atoms with Crippen LogP contribution in [0, 0.1) is 6.92 Å². The molecule has 0 aliphatic carbocycles. The van der Waals surface area contributed by atoms with Crippen LogP contribution in [0.2, 0.25) is 0 Å². The van der Waals surface area contributed by atoms with Crippen LogP contribution >= 0.6 is 0 Å². The maximum absolute atomic E-state index is 13.2. The fourth-order valence-electron chi connectivity index (χ4n) is 3.84. The molecule has 9 heteroatoms. The minimum absolute atomic E-state index is 0.0556. The standard InChI is InChI=1S/C26H28F3N3O3/c1-17(8-9-19-6-4-3-5-7-19)30-23(34)16-32-24(31-18(2)22(14-15-33)25(32)35)20-10-12-21(13-11-20)26(27,28)29/h3-7,10-13,17,33H,8-9,14-16H2,1-2H3,(H,30,34). The molecule has 6 nitrogen and oxygen atoms in total. The molecule has 1 heterocycles. The highest BCUT2D eigenvalue weighted by atomic mass is 19.4. The molecule has 2 aromatic carbocycles. The lowest BCUT2D eigenvalue weighted by atomic mass is 10.1. The highest BCUT2D eigenvalue weighted by Gasteiger charge is 2.30. The molecule has 0 fully saturated rings. The number of aliphatic hydroxyl groups excluding tert-OH is 1. The molecular formula is C26H28F3N3O3. The highest BCUT2D eigenvalue weighted by molar-refractivity contribution is 5.76. The van der Waals surface area contributed by atoms with Gasteiger partial charge in [-0.1, -0.05) is 42.5 Å². The van der Waals surface area contributed by atoms with Gasteiger partial charge in [-0.25, -0.2) is 4.98 Å². The number of hydrogen-bond acceptors (Lipinski definition) is 4. The van der Waals surface area contributed by atoms with Crippen LogP contribution < -0.4 is 10.9 Å². The van der Waals surface area contributed by atoms with Gasteiger partial charge in [0.15, 0.2) is 0 Å². The van der Waals surface area contributed by atoms with E-state index in [2.05, 4.69) is 10.3 Å². The van der Waals surface area contributed by atoms with Crippen molar-refractivity contribution in [2.45, 2.75) is 51.9 Å². The lowest BCUT2D eigenvalue weighted by molar-refractivity contribution is -0.137. The molecule has 3 rings (SSSR count). The van der Waals surface area contributed by atoms with Gasteiger partial charge in [-0.3, -0.25) is 14.2 Å². The summed E-state index contributed by atoms with van der Waals surface area (Å²) in [4.78, 5) is 30.4. The van der Waals surface area contributed by atoms with Crippen LogP contribution in [0.1, 0.15) is 35.7 Å². The molecule has 0 bridgehead atoms. The summed E-state index contributed by atoms with van der Waals surface area (Å²) in [5, 5.41) is 12.2. The van der Waals surface area contributed by atoms with Gasteiger partial charge < -0.3 is 10.4 Å². The number of hydrogen-bond donors (Lipinski definition) is 2. The Balaban J connectivity index is 1.85. The molecule has 0 saturated carbocycles. The third-order valence-corrected chi connectivity index (χ3v) is 5.72. The number of aliphatic hydroxyl groups is 1. The Morgan fingerprint density at radius 1 is 1.09 bits per heavy atom. The van der Waals surface area contributed by atoms with Crippen LogP contribution in [-0.2, 0) is 30.4 Å². The first-order valence-electron chi connectivity index (χ1n) is 11.3. The SMILES string of the molecule is Cc1nc(-c2ccc(C(F)(F)F)cc2)n(CC(=O)NC(C)CCc2ccccc2)c(=O)c1CCO. The van der Waals surface area contributed by atoms with Gasteiger partial charge >= 0.3 is 6.18 Å². The molecule has 0 spiro atoms. The summed E-state index contributed by atoms with van der Waals surface area (Å²) in [5.74, 6) is -0.323. The molecule has 1 amide bonds. The van der Waals surface area contributed by atoms with E-state index in [1.807, 2.05) is 37.3 Å². The average molecular weight is 488 g/mol. The number of benzene rings is 2. The summed E-state index contributed by atoms with van der Waals surface area (Å²) < 4.78 is 40.1. The van der Waals surface area contributed by atoms with Crippen LogP contribution in [0.3, 0.4) is 0 Å². The van der Waals surface area contributed by atoms with E-state index in [-0.39, 0.29) is 42.6 Å². The number of carbonyl (C=O) groups excluding carboxylic acids is 1. The van der Waals surface area contributed by atoms with Crippen LogP contribution in [-0.4, -0.2) is 33.2 Å². The minimum Gasteiger partial charge on any atom is -0.396 e. The molecule has 0 radical (unpaired) electrons. The molecule has 35 heavy (non-hydrogen) atoms. The van der Waals surface area contributed by atoms with Crippen molar-refractivity contribution in [1.29, 1.82) is 0 Å². The van der Waals surface area contributed by atoms with Crippen molar-refractivity contribution in [3.05, 3.63) is 87.3 Å². The molecule has 0 aliphatic heterocycles. The van der Waals surface area contributed by atoms with Gasteiger partial charge in [0.1, 0.15) is 12.4 Å². The van der Waals surface area contributed by atoms with E-state index in [0.717, 1.165) is 28.7 Å². The van der Waals surface area contributed by atoms with Gasteiger partial charge in [0.25, 0.3) is 5.56 Å². The molecule has 186 valence electrons. The second-order valence-corrected chi connectivity index (χ2v) is 8.43. The molecule has 1 atom stereocenters. The highest BCUT2D eigenvalue weighted by Crippen LogP contribution is 2.30. The maximum atomic E-state index is 13.2. The number of carbonyl (C=O) groups is 1. The van der Waals surface area contributed by atoms with Crippen LogP contribution in [0.15, 0.2) is 59.4 Å². The summed E-state index contributed by atoms with van der Waals surface area (Å²) >= 11 is 0. The zero-order chi connectivity index (χ0) is 25.6. The minimum atomic E-state index is -4.50. The largest absolute Gasteiger partial charge is 0.416 e. The maximum Gasteiger partial charge on any atom is 0.416 e. The smallest absolute Gasteiger partial charge is 0.396 e. The van der Waals surface area contributed by atoms with Gasteiger partial charge in [0, 0.05) is 35.9 Å². The van der Waals surface area contributed by atoms with Crippen molar-refractivity contribution in [1.82, 2.24) is 14.9 Å². The number of aromatic nitrogens is 2. The van der Waals surface area contributed by atoms with Crippen LogP contribution in [0.25, 0.3) is 11.4 Å². The normalized spacial score (nSPS) is 12.4. The van der Waals surface area contributed by atoms with Gasteiger partial charge in [-0.05, 0) is 44.4 Å². The first kappa shape index (κ1) is 26.2. The second kappa shape index (κ2) is 11.3. The topological polar surface area (TPSA) is 84.2 Å². The predicted molar refractivity (Wildman–Crippen MR) is 127 cm³/mol. The molecule has 0 saturated heterocycles. The van der Waals surface area contributed by atoms with Crippen molar-refractivity contribution in [3.8, 4) is 11.4 Å². The number of aryl methyl sites for hydroxylation is 2. The molecule has 2 N–H and O–H groups in total. The molecule has 3 aromatic rings. The van der Waals surface area contributed by atoms with Crippen molar-refractivity contribution in [2.24, 2.45) is 0 Å². The average Bonchev–Trinajstić information content (AvgIpc) is 2.82. The Hall–Kier alpha value is -3.46. The molecule has 0 aliphatic rings. The molecular weight excluding hydrogens is 459 g/mol. The number of rotatable bonds is 9. The van der Waals surface area contributed by atoms with Gasteiger partial charge in [-0.15, -0.1) is 0 Å². The van der Waals surface area contributed by atoms with E-state index in [0.29, 0.717) is 12.1 Å².